The molecule has 0 saturated carbocycles. The molecule has 3 rings (SSSR count). The molecule has 0 aliphatic carbocycles. The Hall–Kier alpha value is -3.00. The van der Waals surface area contributed by atoms with Crippen LogP contribution in [0.3, 0.4) is 0 Å². The van der Waals surface area contributed by atoms with Gasteiger partial charge in [0.25, 0.3) is 0 Å². The van der Waals surface area contributed by atoms with Crippen LogP contribution in [0.1, 0.15) is 6.42 Å². The molecule has 0 bridgehead atoms. The number of carbonyl (C=O) groups is 2. The van der Waals surface area contributed by atoms with Gasteiger partial charge in [-0.15, -0.1) is 0 Å². The summed E-state index contributed by atoms with van der Waals surface area (Å²) in [5.41, 5.74) is 2.83. The average Bonchev–Trinajstić information content (AvgIpc) is 3.06. The Labute approximate surface area is 161 Å². The second-order valence-corrected chi connectivity index (χ2v) is 6.70. The van der Waals surface area contributed by atoms with Crippen molar-refractivity contribution < 1.29 is 14.3 Å². The molecule has 1 heterocycles. The predicted molar refractivity (Wildman–Crippen MR) is 106 cm³/mol. The smallest absolute Gasteiger partial charge is 0.321 e. The van der Waals surface area contributed by atoms with Gasteiger partial charge in [-0.2, -0.15) is 0 Å². The Balaban J connectivity index is 1.82. The van der Waals surface area contributed by atoms with Crippen LogP contribution >= 0.6 is 11.8 Å². The van der Waals surface area contributed by atoms with Crippen LogP contribution in [0.25, 0.3) is 16.7 Å². The minimum atomic E-state index is -0.504. The molecule has 2 aromatic carbocycles. The minimum absolute atomic E-state index is 0.212. The average molecular weight is 384 g/mol. The number of rotatable bonds is 6. The number of hydrogen-bond donors (Lipinski definition) is 2. The Kier molecular flexibility index (Phi) is 5.97. The number of urea groups is 1. The normalized spacial score (nSPS) is 10.6. The number of para-hydroxylation sites is 2. The van der Waals surface area contributed by atoms with Crippen molar-refractivity contribution in [2.75, 3.05) is 19.9 Å². The van der Waals surface area contributed by atoms with Gasteiger partial charge in [-0.25, -0.2) is 9.78 Å². The minimum Gasteiger partial charge on any atom is -0.497 e. The summed E-state index contributed by atoms with van der Waals surface area (Å²) in [6.07, 6.45) is 0.212. The highest BCUT2D eigenvalue weighted by Crippen LogP contribution is 2.29. The molecule has 3 aromatic rings. The number of thioether (sulfide) groups is 1. The van der Waals surface area contributed by atoms with Crippen molar-refractivity contribution in [1.82, 2.24) is 20.2 Å². The molecule has 7 nitrogen and oxygen atoms in total. The van der Waals surface area contributed by atoms with Gasteiger partial charge in [-0.3, -0.25) is 14.7 Å². The maximum atomic E-state index is 11.8. The molecule has 0 unspecified atom stereocenters. The lowest BCUT2D eigenvalue weighted by molar-refractivity contribution is -0.119. The van der Waals surface area contributed by atoms with E-state index in [1.165, 1.54) is 18.8 Å². The first-order valence-corrected chi connectivity index (χ1v) is 9.37. The van der Waals surface area contributed by atoms with E-state index in [0.29, 0.717) is 5.75 Å². The van der Waals surface area contributed by atoms with Crippen molar-refractivity contribution >= 4 is 34.7 Å². The second kappa shape index (κ2) is 8.59. The molecular weight excluding hydrogens is 364 g/mol. The summed E-state index contributed by atoms with van der Waals surface area (Å²) in [6, 6.07) is 15.1. The molecule has 3 amide bonds. The highest BCUT2D eigenvalue weighted by atomic mass is 32.2. The molecule has 140 valence electrons. The van der Waals surface area contributed by atoms with Crippen LogP contribution in [0, 0.1) is 0 Å². The van der Waals surface area contributed by atoms with Crippen LogP contribution in [0.15, 0.2) is 53.7 Å². The molecule has 0 fully saturated rings. The van der Waals surface area contributed by atoms with E-state index in [2.05, 4.69) is 20.2 Å². The van der Waals surface area contributed by atoms with E-state index in [1.54, 1.807) is 7.11 Å². The van der Waals surface area contributed by atoms with E-state index in [4.69, 9.17) is 4.74 Å². The number of nitrogens with one attached hydrogen (secondary N) is 2. The molecule has 8 heteroatoms. The summed E-state index contributed by atoms with van der Waals surface area (Å²) in [5, 5.41) is 5.40. The fourth-order valence-electron chi connectivity index (χ4n) is 2.57. The van der Waals surface area contributed by atoms with E-state index in [1.807, 2.05) is 48.5 Å². The molecule has 0 aliphatic heterocycles. The van der Waals surface area contributed by atoms with Gasteiger partial charge in [0, 0.05) is 24.9 Å². The number of imidazole rings is 1. The summed E-state index contributed by atoms with van der Waals surface area (Å²) in [6.45, 7) is 0. The SMILES string of the molecule is CNC(=O)NC(=O)CCSc1nc2ccccc2n1-c1ccc(OC)cc1. The lowest BCUT2D eigenvalue weighted by atomic mass is 10.2. The molecule has 0 saturated heterocycles. The van der Waals surface area contributed by atoms with Gasteiger partial charge in [0.05, 0.1) is 18.1 Å². The van der Waals surface area contributed by atoms with E-state index in [0.717, 1.165) is 27.6 Å². The molecule has 2 N–H and O–H groups in total. The van der Waals surface area contributed by atoms with Gasteiger partial charge in [0.2, 0.25) is 5.91 Å². The van der Waals surface area contributed by atoms with Gasteiger partial charge in [0.15, 0.2) is 5.16 Å². The van der Waals surface area contributed by atoms with Gasteiger partial charge in [-0.05, 0) is 36.4 Å². The molecule has 0 spiro atoms. The number of nitrogens with zero attached hydrogens (tertiary/aromatic N) is 2. The van der Waals surface area contributed by atoms with Gasteiger partial charge in [-0.1, -0.05) is 23.9 Å². The first-order valence-electron chi connectivity index (χ1n) is 8.38. The summed E-state index contributed by atoms with van der Waals surface area (Å²) >= 11 is 1.47. The van der Waals surface area contributed by atoms with Gasteiger partial charge in [0.1, 0.15) is 5.75 Å². The number of methoxy groups -OCH3 is 1. The van der Waals surface area contributed by atoms with Crippen molar-refractivity contribution in [1.29, 1.82) is 0 Å². The van der Waals surface area contributed by atoms with Crippen LogP contribution < -0.4 is 15.4 Å². The number of imide groups is 1. The molecule has 0 atom stereocenters. The predicted octanol–water partition coefficient (Wildman–Crippen LogP) is 2.97. The van der Waals surface area contributed by atoms with Crippen LogP contribution in [0.5, 0.6) is 5.75 Å². The fourth-order valence-corrected chi connectivity index (χ4v) is 3.53. The zero-order valence-electron chi connectivity index (χ0n) is 15.1. The number of benzene rings is 2. The van der Waals surface area contributed by atoms with Crippen molar-refractivity contribution in [2.45, 2.75) is 11.6 Å². The van der Waals surface area contributed by atoms with Crippen LogP contribution in [0.4, 0.5) is 4.79 Å². The number of carbonyl (C=O) groups excluding carboxylic acids is 2. The number of ether oxygens (including phenoxy) is 1. The summed E-state index contributed by atoms with van der Waals surface area (Å²) in [5.74, 6) is 0.958. The van der Waals surface area contributed by atoms with Crippen molar-refractivity contribution in [2.24, 2.45) is 0 Å². The first-order chi connectivity index (χ1) is 13.1. The second-order valence-electron chi connectivity index (χ2n) is 5.64. The third-order valence-corrected chi connectivity index (χ3v) is 4.84. The monoisotopic (exact) mass is 384 g/mol. The van der Waals surface area contributed by atoms with E-state index in [9.17, 15) is 9.59 Å². The lowest BCUT2D eigenvalue weighted by Gasteiger charge is -2.10. The highest BCUT2D eigenvalue weighted by molar-refractivity contribution is 7.99. The first kappa shape index (κ1) is 18.8. The largest absolute Gasteiger partial charge is 0.497 e. The molecule has 27 heavy (non-hydrogen) atoms. The van der Waals surface area contributed by atoms with Crippen LogP contribution in [0.2, 0.25) is 0 Å². The maximum absolute atomic E-state index is 11.8. The summed E-state index contributed by atoms with van der Waals surface area (Å²) in [7, 11) is 3.10. The third-order valence-electron chi connectivity index (χ3n) is 3.90. The van der Waals surface area contributed by atoms with Crippen molar-refractivity contribution in [3.63, 3.8) is 0 Å². The van der Waals surface area contributed by atoms with Crippen LogP contribution in [-0.2, 0) is 4.79 Å². The zero-order chi connectivity index (χ0) is 19.2. The number of hydrogen-bond acceptors (Lipinski definition) is 5. The number of fused-ring (bicyclic) bond motifs is 1. The fraction of sp³-hybridized carbons (Fsp3) is 0.211. The molecular formula is C19H20N4O3S. The standard InChI is InChI=1S/C19H20N4O3S/c1-20-18(25)22-17(24)11-12-27-19-21-15-5-3-4-6-16(15)23(19)13-7-9-14(26-2)10-8-13/h3-10H,11-12H2,1-2H3,(H2,20,22,24,25). The summed E-state index contributed by atoms with van der Waals surface area (Å²) in [4.78, 5) is 27.7. The third kappa shape index (κ3) is 4.40. The highest BCUT2D eigenvalue weighted by Gasteiger charge is 2.14. The van der Waals surface area contributed by atoms with Crippen LogP contribution in [-0.4, -0.2) is 41.4 Å². The zero-order valence-corrected chi connectivity index (χ0v) is 15.9. The number of amides is 3. The maximum Gasteiger partial charge on any atom is 0.321 e. The number of aromatic nitrogens is 2. The quantitative estimate of drug-likeness (QED) is 0.638. The van der Waals surface area contributed by atoms with E-state index in [-0.39, 0.29) is 12.3 Å². The Morgan fingerprint density at radius 2 is 1.89 bits per heavy atom. The van der Waals surface area contributed by atoms with E-state index < -0.39 is 6.03 Å². The Morgan fingerprint density at radius 1 is 1.15 bits per heavy atom. The topological polar surface area (TPSA) is 85.3 Å². The Bertz CT molecular complexity index is 953. The Morgan fingerprint density at radius 3 is 2.59 bits per heavy atom. The van der Waals surface area contributed by atoms with E-state index >= 15 is 0 Å². The molecule has 0 radical (unpaired) electrons. The molecule has 1 aromatic heterocycles. The van der Waals surface area contributed by atoms with Gasteiger partial charge >= 0.3 is 6.03 Å². The van der Waals surface area contributed by atoms with Crippen molar-refractivity contribution in [3.05, 3.63) is 48.5 Å². The lowest BCUT2D eigenvalue weighted by Crippen LogP contribution is -2.37. The molecule has 0 aliphatic rings. The van der Waals surface area contributed by atoms with Crippen molar-refractivity contribution in [3.8, 4) is 11.4 Å². The summed E-state index contributed by atoms with van der Waals surface area (Å²) < 4.78 is 7.28. The van der Waals surface area contributed by atoms with Gasteiger partial charge < -0.3 is 10.1 Å².